The fraction of sp³-hybridized carbons (Fsp3) is 0.0811. The Balaban J connectivity index is 1.27. The van der Waals surface area contributed by atoms with Crippen LogP contribution in [0, 0.1) is 6.92 Å². The smallest absolute Gasteiger partial charge is 0.425 e. The molecule has 0 spiro atoms. The van der Waals surface area contributed by atoms with Crippen LogP contribution in [0.5, 0.6) is 23.0 Å². The van der Waals surface area contributed by atoms with E-state index in [2.05, 4.69) is 32.1 Å². The van der Waals surface area contributed by atoms with Crippen LogP contribution < -0.4 is 18.9 Å². The van der Waals surface area contributed by atoms with E-state index >= 15 is 0 Å². The molecule has 260 valence electrons. The van der Waals surface area contributed by atoms with Crippen molar-refractivity contribution < 1.29 is 66.7 Å². The molecule has 14 nitrogen and oxygen atoms in total. The van der Waals surface area contributed by atoms with Gasteiger partial charge in [0.15, 0.2) is 0 Å². The molecule has 4 rings (SSSR count). The van der Waals surface area contributed by atoms with E-state index in [0.717, 1.165) is 28.8 Å². The molecule has 0 saturated heterocycles. The first kappa shape index (κ1) is 36.6. The van der Waals surface area contributed by atoms with Gasteiger partial charge in [0.1, 0.15) is 23.0 Å². The third-order valence-electron chi connectivity index (χ3n) is 6.46. The second-order valence-corrected chi connectivity index (χ2v) is 9.89. The topological polar surface area (TPSA) is 176 Å². The number of aryl methyl sites for hydroxylation is 1. The van der Waals surface area contributed by atoms with Crippen LogP contribution >= 0.6 is 0 Å². The van der Waals surface area contributed by atoms with Crippen LogP contribution in [-0.2, 0) is 28.5 Å². The van der Waals surface area contributed by atoms with Gasteiger partial charge in [0.05, 0.1) is 11.1 Å². The van der Waals surface area contributed by atoms with Crippen molar-refractivity contribution in [3.8, 4) is 34.1 Å². The molecule has 0 heterocycles. The monoisotopic (exact) mass is 696 g/mol. The summed E-state index contributed by atoms with van der Waals surface area (Å²) in [6.45, 7) is 6.97. The summed E-state index contributed by atoms with van der Waals surface area (Å²) in [6, 6.07) is 22.9. The molecule has 0 saturated carbocycles. The zero-order valence-electron chi connectivity index (χ0n) is 26.9. The molecule has 4 aromatic rings. The van der Waals surface area contributed by atoms with E-state index in [4.69, 9.17) is 18.9 Å². The van der Waals surface area contributed by atoms with Crippen LogP contribution in [0.2, 0.25) is 0 Å². The molecular weight excluding hydrogens is 668 g/mol. The van der Waals surface area contributed by atoms with Crippen molar-refractivity contribution in [3.63, 3.8) is 0 Å². The van der Waals surface area contributed by atoms with Gasteiger partial charge in [-0.1, -0.05) is 31.4 Å². The molecule has 0 fully saturated rings. The molecule has 0 bridgehead atoms. The van der Waals surface area contributed by atoms with Gasteiger partial charge in [0.2, 0.25) is 13.6 Å². The van der Waals surface area contributed by atoms with Crippen LogP contribution in [0.15, 0.2) is 116 Å². The first-order chi connectivity index (χ1) is 24.5. The molecule has 0 atom stereocenters. The lowest BCUT2D eigenvalue weighted by molar-refractivity contribution is -0.147. The van der Waals surface area contributed by atoms with E-state index in [1.807, 2.05) is 6.92 Å². The van der Waals surface area contributed by atoms with Gasteiger partial charge in [-0.25, -0.2) is 28.8 Å². The molecule has 0 N–H and O–H groups in total. The maximum Gasteiger partial charge on any atom is 0.516 e. The Kier molecular flexibility index (Phi) is 12.8. The number of carbonyl (C=O) groups is 6. The molecule has 0 aliphatic rings. The highest BCUT2D eigenvalue weighted by Crippen LogP contribution is 2.29. The van der Waals surface area contributed by atoms with Crippen LogP contribution in [0.4, 0.5) is 9.59 Å². The van der Waals surface area contributed by atoms with Gasteiger partial charge < -0.3 is 37.9 Å². The second kappa shape index (κ2) is 17.8. The quantitative estimate of drug-likeness (QED) is 0.0486. The summed E-state index contributed by atoms with van der Waals surface area (Å²) in [5.41, 5.74) is 2.83. The van der Waals surface area contributed by atoms with Crippen molar-refractivity contribution >= 4 is 36.2 Å². The van der Waals surface area contributed by atoms with Crippen molar-refractivity contribution in [3.05, 3.63) is 133 Å². The van der Waals surface area contributed by atoms with Gasteiger partial charge in [-0.15, -0.1) is 0 Å². The summed E-state index contributed by atoms with van der Waals surface area (Å²) in [5, 5.41) is 0. The van der Waals surface area contributed by atoms with E-state index in [-0.39, 0.29) is 28.4 Å². The highest BCUT2D eigenvalue weighted by molar-refractivity contribution is 5.92. The van der Waals surface area contributed by atoms with Gasteiger partial charge in [0, 0.05) is 12.2 Å². The molecule has 4 aromatic carbocycles. The zero-order valence-corrected chi connectivity index (χ0v) is 26.9. The molecule has 0 amide bonds. The number of carbonyl (C=O) groups excluding carboxylic acids is 6. The van der Waals surface area contributed by atoms with Gasteiger partial charge in [-0.05, 0) is 96.4 Å². The van der Waals surface area contributed by atoms with Crippen LogP contribution in [0.3, 0.4) is 0 Å². The highest BCUT2D eigenvalue weighted by atomic mass is 16.8. The first-order valence-electron chi connectivity index (χ1n) is 14.7. The van der Waals surface area contributed by atoms with E-state index < -0.39 is 49.8 Å². The standard InChI is InChI=1S/C37H28O14/c1-4-32(38)44-21-46-36(42)50-28-14-8-25(9-15-28)34(40)48-27-12-6-24(7-13-27)31-19-18-30(20-23(31)3)49-35(41)26-10-16-29(17-11-26)51-37(43)47-22-45-33(39)5-2/h4-20H,1-2,21-22H2,3H3. The fourth-order valence-electron chi connectivity index (χ4n) is 4.02. The van der Waals surface area contributed by atoms with Gasteiger partial charge in [-0.2, -0.15) is 0 Å². The number of hydrogen-bond acceptors (Lipinski definition) is 14. The van der Waals surface area contributed by atoms with E-state index in [1.54, 1.807) is 42.5 Å². The molecule has 0 unspecified atom stereocenters. The summed E-state index contributed by atoms with van der Waals surface area (Å²) in [6.07, 6.45) is -0.401. The minimum atomic E-state index is -1.11. The van der Waals surface area contributed by atoms with Crippen molar-refractivity contribution in [1.29, 1.82) is 0 Å². The number of benzene rings is 4. The van der Waals surface area contributed by atoms with Crippen molar-refractivity contribution in [2.75, 3.05) is 13.6 Å². The Bertz CT molecular complexity index is 1930. The van der Waals surface area contributed by atoms with Crippen molar-refractivity contribution in [2.24, 2.45) is 0 Å². The maximum absolute atomic E-state index is 12.7. The molecule has 0 aliphatic carbocycles. The Morgan fingerprint density at radius 2 is 0.902 bits per heavy atom. The van der Waals surface area contributed by atoms with E-state index in [1.165, 1.54) is 48.5 Å². The Hall–Kier alpha value is -7.22. The average Bonchev–Trinajstić information content (AvgIpc) is 3.12. The number of esters is 4. The first-order valence-corrected chi connectivity index (χ1v) is 14.7. The van der Waals surface area contributed by atoms with Crippen LogP contribution in [0.25, 0.3) is 11.1 Å². The second-order valence-electron chi connectivity index (χ2n) is 9.89. The summed E-state index contributed by atoms with van der Waals surface area (Å²) in [5.74, 6) is -2.08. The molecule has 51 heavy (non-hydrogen) atoms. The SMILES string of the molecule is C=CC(=O)OCOC(=O)Oc1ccc(C(=O)Oc2ccc(-c3ccc(OC(=O)c4ccc(OC(=O)OCOC(=O)C=C)cc4)cc3C)cc2)cc1. The van der Waals surface area contributed by atoms with E-state index in [9.17, 15) is 28.8 Å². The summed E-state index contributed by atoms with van der Waals surface area (Å²) < 4.78 is 39.1. The lowest BCUT2D eigenvalue weighted by atomic mass is 10.0. The molecule has 0 radical (unpaired) electrons. The Labute approximate surface area is 290 Å². The number of rotatable bonds is 13. The average molecular weight is 697 g/mol. The van der Waals surface area contributed by atoms with Gasteiger partial charge in [-0.3, -0.25) is 0 Å². The number of hydrogen-bond donors (Lipinski definition) is 0. The summed E-state index contributed by atoms with van der Waals surface area (Å²) in [7, 11) is 0. The molecule has 0 aromatic heterocycles. The predicted octanol–water partition coefficient (Wildman–Crippen LogP) is 6.50. The van der Waals surface area contributed by atoms with Gasteiger partial charge >= 0.3 is 36.2 Å². The Morgan fingerprint density at radius 1 is 0.510 bits per heavy atom. The summed E-state index contributed by atoms with van der Waals surface area (Å²) in [4.78, 5) is 70.7. The lowest BCUT2D eigenvalue weighted by Crippen LogP contribution is -2.15. The fourth-order valence-corrected chi connectivity index (χ4v) is 4.02. The van der Waals surface area contributed by atoms with Crippen LogP contribution in [-0.4, -0.2) is 49.8 Å². The third kappa shape index (κ3) is 11.2. The number of ether oxygens (including phenoxy) is 8. The molecule has 14 heteroatoms. The zero-order chi connectivity index (χ0) is 36.8. The minimum Gasteiger partial charge on any atom is -0.425 e. The lowest BCUT2D eigenvalue weighted by Gasteiger charge is -2.11. The Morgan fingerprint density at radius 3 is 1.33 bits per heavy atom. The maximum atomic E-state index is 12.7. The van der Waals surface area contributed by atoms with E-state index in [0.29, 0.717) is 5.75 Å². The predicted molar refractivity (Wildman–Crippen MR) is 176 cm³/mol. The highest BCUT2D eigenvalue weighted by Gasteiger charge is 2.14. The van der Waals surface area contributed by atoms with Crippen molar-refractivity contribution in [2.45, 2.75) is 6.92 Å². The molecular formula is C37H28O14. The van der Waals surface area contributed by atoms with Crippen molar-refractivity contribution in [1.82, 2.24) is 0 Å². The normalized spacial score (nSPS) is 10.1. The largest absolute Gasteiger partial charge is 0.516 e. The minimum absolute atomic E-state index is 0.0841. The van der Waals surface area contributed by atoms with Crippen LogP contribution in [0.1, 0.15) is 26.3 Å². The van der Waals surface area contributed by atoms with Gasteiger partial charge in [0.25, 0.3) is 0 Å². The summed E-state index contributed by atoms with van der Waals surface area (Å²) >= 11 is 0. The molecule has 0 aliphatic heterocycles. The third-order valence-corrected chi connectivity index (χ3v) is 6.46.